The molecule has 1 aromatic rings. The Morgan fingerprint density at radius 2 is 2.38 bits per heavy atom. The molecule has 1 fully saturated rings. The lowest BCUT2D eigenvalue weighted by atomic mass is 10.1. The number of pyridine rings is 1. The molecule has 1 N–H and O–H groups in total. The van der Waals surface area contributed by atoms with E-state index in [0.29, 0.717) is 6.04 Å². The highest BCUT2D eigenvalue weighted by Crippen LogP contribution is 2.24. The van der Waals surface area contributed by atoms with Crippen molar-refractivity contribution in [3.63, 3.8) is 0 Å². The van der Waals surface area contributed by atoms with Gasteiger partial charge in [-0.25, -0.2) is 0 Å². The standard InChI is InChI=1S/C13H17N3/c1-10-5-6-11(8-15-10)9-16-13-4-2-3-12(13)7-14/h5-6,8,12-13,16H,2-4,9H2,1H3. The van der Waals surface area contributed by atoms with Gasteiger partial charge in [0.25, 0.3) is 0 Å². The van der Waals surface area contributed by atoms with E-state index < -0.39 is 0 Å². The number of hydrogen-bond acceptors (Lipinski definition) is 3. The van der Waals surface area contributed by atoms with Crippen LogP contribution in [0.4, 0.5) is 0 Å². The highest BCUT2D eigenvalue weighted by atomic mass is 14.9. The van der Waals surface area contributed by atoms with Crippen molar-refractivity contribution in [3.05, 3.63) is 29.6 Å². The minimum absolute atomic E-state index is 0.193. The number of aryl methyl sites for hydroxylation is 1. The zero-order valence-electron chi connectivity index (χ0n) is 9.61. The van der Waals surface area contributed by atoms with E-state index in [4.69, 9.17) is 5.26 Å². The third-order valence-electron chi connectivity index (χ3n) is 3.22. The van der Waals surface area contributed by atoms with Crippen molar-refractivity contribution in [1.82, 2.24) is 10.3 Å². The van der Waals surface area contributed by atoms with Crippen molar-refractivity contribution in [1.29, 1.82) is 5.26 Å². The fraction of sp³-hybridized carbons (Fsp3) is 0.538. The van der Waals surface area contributed by atoms with Crippen LogP contribution in [0.3, 0.4) is 0 Å². The molecule has 1 aromatic heterocycles. The van der Waals surface area contributed by atoms with Crippen molar-refractivity contribution in [2.45, 2.75) is 38.8 Å². The predicted octanol–water partition coefficient (Wildman–Crippen LogP) is 2.17. The van der Waals surface area contributed by atoms with Gasteiger partial charge in [0.15, 0.2) is 0 Å². The van der Waals surface area contributed by atoms with E-state index in [0.717, 1.165) is 25.1 Å². The minimum atomic E-state index is 0.193. The quantitative estimate of drug-likeness (QED) is 0.840. The van der Waals surface area contributed by atoms with Crippen molar-refractivity contribution in [2.75, 3.05) is 0 Å². The van der Waals surface area contributed by atoms with Crippen molar-refractivity contribution in [2.24, 2.45) is 5.92 Å². The molecule has 1 aliphatic carbocycles. The van der Waals surface area contributed by atoms with Crippen LogP contribution in [-0.2, 0) is 6.54 Å². The van der Waals surface area contributed by atoms with E-state index in [1.54, 1.807) is 0 Å². The Balaban J connectivity index is 1.88. The molecule has 3 heteroatoms. The monoisotopic (exact) mass is 215 g/mol. The van der Waals surface area contributed by atoms with Gasteiger partial charge in [-0.15, -0.1) is 0 Å². The summed E-state index contributed by atoms with van der Waals surface area (Å²) in [5.41, 5.74) is 2.23. The van der Waals surface area contributed by atoms with Gasteiger partial charge < -0.3 is 5.32 Å². The molecule has 2 rings (SSSR count). The Labute approximate surface area is 96.5 Å². The van der Waals surface area contributed by atoms with E-state index in [1.807, 2.05) is 19.2 Å². The van der Waals surface area contributed by atoms with Gasteiger partial charge >= 0.3 is 0 Å². The molecular weight excluding hydrogens is 198 g/mol. The number of nitrogens with zero attached hydrogens (tertiary/aromatic N) is 2. The van der Waals surface area contributed by atoms with E-state index in [9.17, 15) is 0 Å². The molecule has 0 radical (unpaired) electrons. The lowest BCUT2D eigenvalue weighted by Crippen LogP contribution is -2.31. The topological polar surface area (TPSA) is 48.7 Å². The lowest BCUT2D eigenvalue weighted by Gasteiger charge is -2.15. The molecule has 0 aliphatic heterocycles. The van der Waals surface area contributed by atoms with Gasteiger partial charge in [0.2, 0.25) is 0 Å². The first-order chi connectivity index (χ1) is 7.79. The van der Waals surface area contributed by atoms with Gasteiger partial charge in [0, 0.05) is 24.5 Å². The van der Waals surface area contributed by atoms with Crippen LogP contribution in [0.2, 0.25) is 0 Å². The molecule has 3 nitrogen and oxygen atoms in total. The van der Waals surface area contributed by atoms with Gasteiger partial charge in [-0.2, -0.15) is 5.26 Å². The average molecular weight is 215 g/mol. The summed E-state index contributed by atoms with van der Waals surface area (Å²) < 4.78 is 0. The molecule has 0 amide bonds. The number of hydrogen-bond donors (Lipinski definition) is 1. The lowest BCUT2D eigenvalue weighted by molar-refractivity contribution is 0.464. The van der Waals surface area contributed by atoms with Gasteiger partial charge in [0.05, 0.1) is 12.0 Å². The maximum Gasteiger partial charge on any atom is 0.0672 e. The molecule has 0 bridgehead atoms. The number of nitrogens with one attached hydrogen (secondary N) is 1. The van der Waals surface area contributed by atoms with Crippen LogP contribution in [0.5, 0.6) is 0 Å². The van der Waals surface area contributed by atoms with Crippen LogP contribution < -0.4 is 5.32 Å². The highest BCUT2D eigenvalue weighted by Gasteiger charge is 2.26. The maximum atomic E-state index is 8.97. The van der Waals surface area contributed by atoms with Crippen molar-refractivity contribution in [3.8, 4) is 6.07 Å². The van der Waals surface area contributed by atoms with Crippen LogP contribution in [0, 0.1) is 24.2 Å². The van der Waals surface area contributed by atoms with Crippen LogP contribution in [0.15, 0.2) is 18.3 Å². The normalized spacial score (nSPS) is 24.2. The first-order valence-corrected chi connectivity index (χ1v) is 5.84. The summed E-state index contributed by atoms with van der Waals surface area (Å²) in [5.74, 6) is 0.193. The summed E-state index contributed by atoms with van der Waals surface area (Å²) in [7, 11) is 0. The third kappa shape index (κ3) is 2.59. The van der Waals surface area contributed by atoms with E-state index in [1.165, 1.54) is 12.0 Å². The van der Waals surface area contributed by atoms with Crippen LogP contribution >= 0.6 is 0 Å². The molecular formula is C13H17N3. The predicted molar refractivity (Wildman–Crippen MR) is 62.6 cm³/mol. The van der Waals surface area contributed by atoms with E-state index >= 15 is 0 Å². The first kappa shape index (κ1) is 11.1. The number of rotatable bonds is 3. The first-order valence-electron chi connectivity index (χ1n) is 5.84. The fourth-order valence-electron chi connectivity index (χ4n) is 2.21. The van der Waals surface area contributed by atoms with Gasteiger partial charge in [-0.05, 0) is 31.4 Å². The average Bonchev–Trinajstić information content (AvgIpc) is 2.76. The Hall–Kier alpha value is -1.40. The maximum absolute atomic E-state index is 8.97. The largest absolute Gasteiger partial charge is 0.309 e. The molecule has 1 aliphatic rings. The van der Waals surface area contributed by atoms with Crippen LogP contribution in [0.25, 0.3) is 0 Å². The zero-order valence-corrected chi connectivity index (χ0v) is 9.61. The minimum Gasteiger partial charge on any atom is -0.309 e. The van der Waals surface area contributed by atoms with Gasteiger partial charge in [-0.1, -0.05) is 12.5 Å². The number of nitriles is 1. The summed E-state index contributed by atoms with van der Waals surface area (Å²) in [6, 6.07) is 6.86. The summed E-state index contributed by atoms with van der Waals surface area (Å²) in [4.78, 5) is 4.26. The Kier molecular flexibility index (Phi) is 3.53. The molecule has 0 spiro atoms. The third-order valence-corrected chi connectivity index (χ3v) is 3.22. The van der Waals surface area contributed by atoms with Crippen molar-refractivity contribution < 1.29 is 0 Å². The van der Waals surface area contributed by atoms with Crippen LogP contribution in [-0.4, -0.2) is 11.0 Å². The van der Waals surface area contributed by atoms with Gasteiger partial charge in [-0.3, -0.25) is 4.98 Å². The second kappa shape index (κ2) is 5.09. The second-order valence-electron chi connectivity index (χ2n) is 4.46. The van der Waals surface area contributed by atoms with Crippen LogP contribution in [0.1, 0.15) is 30.5 Å². The molecule has 0 saturated heterocycles. The molecule has 1 heterocycles. The molecule has 1 saturated carbocycles. The summed E-state index contributed by atoms with van der Waals surface area (Å²) in [6.07, 6.45) is 5.23. The molecule has 2 unspecified atom stereocenters. The second-order valence-corrected chi connectivity index (χ2v) is 4.46. The molecule has 0 aromatic carbocycles. The summed E-state index contributed by atoms with van der Waals surface area (Å²) in [5, 5.41) is 12.4. The van der Waals surface area contributed by atoms with E-state index in [-0.39, 0.29) is 5.92 Å². The zero-order chi connectivity index (χ0) is 11.4. The number of aromatic nitrogens is 1. The fourth-order valence-corrected chi connectivity index (χ4v) is 2.21. The SMILES string of the molecule is Cc1ccc(CNC2CCCC2C#N)cn1. The summed E-state index contributed by atoms with van der Waals surface area (Å²) >= 11 is 0. The van der Waals surface area contributed by atoms with Crippen molar-refractivity contribution >= 4 is 0 Å². The van der Waals surface area contributed by atoms with E-state index in [2.05, 4.69) is 22.4 Å². The highest BCUT2D eigenvalue weighted by molar-refractivity contribution is 5.13. The Bertz CT molecular complexity index is 377. The Morgan fingerprint density at radius 3 is 3.06 bits per heavy atom. The molecule has 16 heavy (non-hydrogen) atoms. The molecule has 84 valence electrons. The molecule has 2 atom stereocenters. The Morgan fingerprint density at radius 1 is 1.50 bits per heavy atom. The summed E-state index contributed by atoms with van der Waals surface area (Å²) in [6.45, 7) is 2.80. The smallest absolute Gasteiger partial charge is 0.0672 e. The van der Waals surface area contributed by atoms with Gasteiger partial charge in [0.1, 0.15) is 0 Å².